The van der Waals surface area contributed by atoms with Crippen LogP contribution in [0, 0.1) is 0 Å². The van der Waals surface area contributed by atoms with E-state index < -0.39 is 12.6 Å². The molecule has 1 aliphatic rings. The third kappa shape index (κ3) is 4.36. The van der Waals surface area contributed by atoms with Crippen LogP contribution in [-0.4, -0.2) is 59.9 Å². The molecule has 0 bridgehead atoms. The number of hydrazine groups is 1. The minimum absolute atomic E-state index is 0.0152. The molecule has 0 aliphatic carbocycles. The highest BCUT2D eigenvalue weighted by molar-refractivity contribution is 5.86. The fraction of sp³-hybridized carbons (Fsp3) is 0.429. The van der Waals surface area contributed by atoms with Crippen molar-refractivity contribution < 1.29 is 13.6 Å². The number of hydrogen-bond acceptors (Lipinski definition) is 5. The van der Waals surface area contributed by atoms with Crippen LogP contribution in [-0.2, 0) is 4.79 Å². The summed E-state index contributed by atoms with van der Waals surface area (Å²) in [5.74, 6) is 5.13. The number of nitrogens with two attached hydrogens (primary N) is 2. The maximum Gasteiger partial charge on any atom is 0.342 e. The second-order valence-corrected chi connectivity index (χ2v) is 5.17. The number of hydrazone groups is 1. The van der Waals surface area contributed by atoms with Crippen molar-refractivity contribution in [1.82, 2.24) is 14.9 Å². The Morgan fingerprint density at radius 1 is 1.22 bits per heavy atom. The molecule has 1 fully saturated rings. The third-order valence-electron chi connectivity index (χ3n) is 3.69. The molecule has 2 rings (SSSR count). The molecular weight excluding hydrogens is 306 g/mol. The van der Waals surface area contributed by atoms with Gasteiger partial charge in [-0.3, -0.25) is 9.69 Å². The van der Waals surface area contributed by atoms with Crippen LogP contribution in [0.15, 0.2) is 35.4 Å². The van der Waals surface area contributed by atoms with E-state index >= 15 is 0 Å². The van der Waals surface area contributed by atoms with Crippen molar-refractivity contribution in [2.75, 3.05) is 26.2 Å². The third-order valence-corrected chi connectivity index (χ3v) is 3.69. The topological polar surface area (TPSA) is 91.2 Å². The summed E-state index contributed by atoms with van der Waals surface area (Å²) in [4.78, 5) is 14.5. The van der Waals surface area contributed by atoms with Gasteiger partial charge in [-0.2, -0.15) is 13.9 Å². The molecule has 126 valence electrons. The second kappa shape index (κ2) is 7.84. The number of nitrogens with zero attached hydrogens (tertiary/aromatic N) is 4. The molecule has 1 heterocycles. The molecule has 1 aliphatic heterocycles. The van der Waals surface area contributed by atoms with E-state index in [1.165, 1.54) is 0 Å². The lowest BCUT2D eigenvalue weighted by atomic mass is 10.0. The number of amidine groups is 1. The molecule has 7 nitrogen and oxygen atoms in total. The van der Waals surface area contributed by atoms with Crippen LogP contribution in [0.1, 0.15) is 11.6 Å². The Hall–Kier alpha value is -2.26. The maximum atomic E-state index is 12.6. The van der Waals surface area contributed by atoms with E-state index in [2.05, 4.69) is 5.10 Å². The van der Waals surface area contributed by atoms with Crippen molar-refractivity contribution in [3.8, 4) is 0 Å². The first kappa shape index (κ1) is 17.1. The lowest BCUT2D eigenvalue weighted by molar-refractivity contribution is -0.119. The number of benzene rings is 1. The number of piperazine rings is 1. The van der Waals surface area contributed by atoms with E-state index in [1.807, 2.05) is 35.2 Å². The highest BCUT2D eigenvalue weighted by Crippen LogP contribution is 2.22. The predicted octanol–water partition coefficient (Wildman–Crippen LogP) is 0.172. The zero-order valence-electron chi connectivity index (χ0n) is 12.6. The Balaban J connectivity index is 2.24. The fourth-order valence-electron chi connectivity index (χ4n) is 2.54. The maximum absolute atomic E-state index is 12.6. The first-order chi connectivity index (χ1) is 11.0. The van der Waals surface area contributed by atoms with Crippen LogP contribution >= 0.6 is 0 Å². The minimum atomic E-state index is -2.93. The summed E-state index contributed by atoms with van der Waals surface area (Å²) in [5.41, 5.74) is 6.79. The Kier molecular flexibility index (Phi) is 5.83. The molecule has 1 aromatic carbocycles. The standard InChI is InChI=1S/C14H20F2N6O/c15-14(16)22(18)19-13(17)12(11-4-2-1-3-5-11)21-8-6-20(10-23)7-9-21/h1-5,10,12,14H,6-9,18H2,(H2,17,19). The van der Waals surface area contributed by atoms with E-state index in [0.29, 0.717) is 26.2 Å². The van der Waals surface area contributed by atoms with Gasteiger partial charge in [0.1, 0.15) is 5.84 Å². The Morgan fingerprint density at radius 2 is 1.83 bits per heavy atom. The van der Waals surface area contributed by atoms with Crippen LogP contribution in [0.2, 0.25) is 0 Å². The van der Waals surface area contributed by atoms with Crippen molar-refractivity contribution in [2.45, 2.75) is 12.6 Å². The van der Waals surface area contributed by atoms with Gasteiger partial charge >= 0.3 is 6.55 Å². The van der Waals surface area contributed by atoms with Crippen LogP contribution in [0.5, 0.6) is 0 Å². The summed E-state index contributed by atoms with van der Waals surface area (Å²) < 4.78 is 25.1. The van der Waals surface area contributed by atoms with Crippen LogP contribution in [0.3, 0.4) is 0 Å². The van der Waals surface area contributed by atoms with Crippen LogP contribution in [0.4, 0.5) is 8.78 Å². The summed E-state index contributed by atoms with van der Waals surface area (Å²) >= 11 is 0. The molecule has 1 amide bonds. The fourth-order valence-corrected chi connectivity index (χ4v) is 2.54. The normalized spacial score (nSPS) is 18.1. The molecule has 1 aromatic rings. The zero-order chi connectivity index (χ0) is 16.8. The van der Waals surface area contributed by atoms with Gasteiger partial charge in [0.2, 0.25) is 6.41 Å². The van der Waals surface area contributed by atoms with E-state index in [4.69, 9.17) is 11.6 Å². The van der Waals surface area contributed by atoms with Gasteiger partial charge in [0, 0.05) is 26.2 Å². The Labute approximate surface area is 133 Å². The molecule has 4 N–H and O–H groups in total. The van der Waals surface area contributed by atoms with Gasteiger partial charge in [-0.05, 0) is 5.56 Å². The number of carbonyl (C=O) groups excluding carboxylic acids is 1. The Morgan fingerprint density at radius 3 is 2.35 bits per heavy atom. The molecule has 0 spiro atoms. The number of hydrogen-bond donors (Lipinski definition) is 2. The summed E-state index contributed by atoms with van der Waals surface area (Å²) in [6, 6.07) is 8.75. The molecular formula is C14H20F2N6O. The average molecular weight is 326 g/mol. The first-order valence-electron chi connectivity index (χ1n) is 7.17. The SMILES string of the molecule is N/C(=N\N(N)C(F)F)C(c1ccccc1)N1CCN(C=O)CC1. The molecule has 1 unspecified atom stereocenters. The number of halogens is 2. The summed E-state index contributed by atoms with van der Waals surface area (Å²) in [6.45, 7) is -0.721. The highest BCUT2D eigenvalue weighted by atomic mass is 19.3. The van der Waals surface area contributed by atoms with Crippen molar-refractivity contribution in [3.05, 3.63) is 35.9 Å². The first-order valence-corrected chi connectivity index (χ1v) is 7.17. The molecule has 9 heteroatoms. The summed E-state index contributed by atoms with van der Waals surface area (Å²) in [5, 5.41) is 3.65. The molecule has 0 saturated carbocycles. The monoisotopic (exact) mass is 326 g/mol. The minimum Gasteiger partial charge on any atom is -0.384 e. The van der Waals surface area contributed by atoms with E-state index in [1.54, 1.807) is 4.90 Å². The van der Waals surface area contributed by atoms with Gasteiger partial charge in [-0.15, -0.1) is 5.10 Å². The zero-order valence-corrected chi connectivity index (χ0v) is 12.6. The van der Waals surface area contributed by atoms with Crippen molar-refractivity contribution >= 4 is 12.2 Å². The van der Waals surface area contributed by atoms with Crippen LogP contribution in [0.25, 0.3) is 0 Å². The largest absolute Gasteiger partial charge is 0.384 e. The quantitative estimate of drug-likeness (QED) is 0.194. The van der Waals surface area contributed by atoms with Gasteiger partial charge in [-0.25, -0.2) is 5.84 Å². The Bertz CT molecular complexity index is 533. The van der Waals surface area contributed by atoms with Crippen molar-refractivity contribution in [2.24, 2.45) is 16.7 Å². The van der Waals surface area contributed by atoms with Crippen molar-refractivity contribution in [1.29, 1.82) is 0 Å². The summed E-state index contributed by atoms with van der Waals surface area (Å²) in [7, 11) is 0. The smallest absolute Gasteiger partial charge is 0.342 e. The van der Waals surface area contributed by atoms with Crippen LogP contribution < -0.4 is 11.6 Å². The second-order valence-electron chi connectivity index (χ2n) is 5.17. The highest BCUT2D eigenvalue weighted by Gasteiger charge is 2.28. The predicted molar refractivity (Wildman–Crippen MR) is 82.0 cm³/mol. The van der Waals surface area contributed by atoms with Gasteiger partial charge in [-0.1, -0.05) is 30.3 Å². The van der Waals surface area contributed by atoms with Gasteiger partial charge in [0.25, 0.3) is 0 Å². The molecule has 1 saturated heterocycles. The number of amides is 1. The van der Waals surface area contributed by atoms with Gasteiger partial charge < -0.3 is 10.6 Å². The number of alkyl halides is 2. The molecule has 1 atom stereocenters. The molecule has 0 aromatic heterocycles. The van der Waals surface area contributed by atoms with Crippen molar-refractivity contribution in [3.63, 3.8) is 0 Å². The number of carbonyl (C=O) groups is 1. The molecule has 0 radical (unpaired) electrons. The van der Waals surface area contributed by atoms with E-state index in [-0.39, 0.29) is 11.0 Å². The van der Waals surface area contributed by atoms with Gasteiger partial charge in [0.05, 0.1) is 6.04 Å². The lowest BCUT2D eigenvalue weighted by Crippen LogP contribution is -2.50. The van der Waals surface area contributed by atoms with E-state index in [9.17, 15) is 13.6 Å². The van der Waals surface area contributed by atoms with Gasteiger partial charge in [0.15, 0.2) is 0 Å². The number of rotatable bonds is 6. The summed E-state index contributed by atoms with van der Waals surface area (Å²) in [6.07, 6.45) is 0.796. The average Bonchev–Trinajstić information content (AvgIpc) is 2.56. The van der Waals surface area contributed by atoms with E-state index in [0.717, 1.165) is 12.0 Å². The lowest BCUT2D eigenvalue weighted by Gasteiger charge is -2.38. The molecule has 23 heavy (non-hydrogen) atoms.